The van der Waals surface area contributed by atoms with Crippen molar-refractivity contribution in [3.8, 4) is 16.9 Å². The van der Waals surface area contributed by atoms with Crippen molar-refractivity contribution in [2.45, 2.75) is 6.54 Å². The first-order chi connectivity index (χ1) is 11.2. The number of aromatic nitrogens is 2. The lowest BCUT2D eigenvalue weighted by Gasteiger charge is -2.09. The van der Waals surface area contributed by atoms with E-state index in [1.165, 1.54) is 0 Å². The molecule has 116 valence electrons. The Balaban J connectivity index is 1.75. The lowest BCUT2D eigenvalue weighted by atomic mass is 10.1. The molecule has 2 heterocycles. The fourth-order valence-electron chi connectivity index (χ4n) is 2.19. The Kier molecular flexibility index (Phi) is 4.74. The molecule has 0 saturated carbocycles. The van der Waals surface area contributed by atoms with Crippen LogP contribution in [0.2, 0.25) is 5.02 Å². The zero-order valence-corrected chi connectivity index (χ0v) is 13.4. The van der Waals surface area contributed by atoms with Gasteiger partial charge in [-0.05, 0) is 29.8 Å². The van der Waals surface area contributed by atoms with Gasteiger partial charge in [-0.25, -0.2) is 0 Å². The molecule has 1 aromatic carbocycles. The van der Waals surface area contributed by atoms with E-state index >= 15 is 0 Å². The molecule has 0 unspecified atom stereocenters. The standard InChI is InChI=1S/C18H16ClN3O/c1-23-18-7-15(10-21-12-18)14-6-17(11-20-9-14)22-8-13-2-4-16(19)5-3-13/h2-7,9-12,22H,8H2,1H3. The molecule has 0 bridgehead atoms. The summed E-state index contributed by atoms with van der Waals surface area (Å²) in [7, 11) is 1.63. The van der Waals surface area contributed by atoms with Gasteiger partial charge >= 0.3 is 0 Å². The molecule has 3 rings (SSSR count). The van der Waals surface area contributed by atoms with E-state index in [1.807, 2.05) is 42.6 Å². The number of hydrogen-bond donors (Lipinski definition) is 1. The number of hydrogen-bond acceptors (Lipinski definition) is 4. The first-order valence-electron chi connectivity index (χ1n) is 7.17. The van der Waals surface area contributed by atoms with Crippen molar-refractivity contribution in [1.82, 2.24) is 9.97 Å². The van der Waals surface area contributed by atoms with E-state index in [0.717, 1.165) is 33.1 Å². The minimum absolute atomic E-state index is 0.707. The molecule has 0 radical (unpaired) electrons. The number of anilines is 1. The first kappa shape index (κ1) is 15.3. The van der Waals surface area contributed by atoms with Crippen molar-refractivity contribution in [1.29, 1.82) is 0 Å². The van der Waals surface area contributed by atoms with E-state index in [9.17, 15) is 0 Å². The second-order valence-electron chi connectivity index (χ2n) is 5.06. The third kappa shape index (κ3) is 3.99. The number of methoxy groups -OCH3 is 1. The lowest BCUT2D eigenvalue weighted by Crippen LogP contribution is -1.99. The quantitative estimate of drug-likeness (QED) is 0.754. The number of pyridine rings is 2. The van der Waals surface area contributed by atoms with Crippen molar-refractivity contribution in [3.05, 3.63) is 71.8 Å². The largest absolute Gasteiger partial charge is 0.495 e. The zero-order chi connectivity index (χ0) is 16.1. The van der Waals surface area contributed by atoms with Crippen LogP contribution in [0, 0.1) is 0 Å². The van der Waals surface area contributed by atoms with Crippen LogP contribution >= 0.6 is 11.6 Å². The van der Waals surface area contributed by atoms with Crippen LogP contribution < -0.4 is 10.1 Å². The van der Waals surface area contributed by atoms with E-state index in [4.69, 9.17) is 16.3 Å². The van der Waals surface area contributed by atoms with Gasteiger partial charge in [0.15, 0.2) is 0 Å². The number of halogens is 1. The molecule has 23 heavy (non-hydrogen) atoms. The van der Waals surface area contributed by atoms with E-state index in [-0.39, 0.29) is 0 Å². The molecule has 0 aliphatic carbocycles. The highest BCUT2D eigenvalue weighted by Crippen LogP contribution is 2.24. The van der Waals surface area contributed by atoms with E-state index in [1.54, 1.807) is 25.7 Å². The zero-order valence-electron chi connectivity index (χ0n) is 12.7. The van der Waals surface area contributed by atoms with Crippen LogP contribution in [-0.2, 0) is 6.54 Å². The number of ether oxygens (including phenoxy) is 1. The normalized spacial score (nSPS) is 10.3. The van der Waals surface area contributed by atoms with Gasteiger partial charge in [-0.2, -0.15) is 0 Å². The summed E-state index contributed by atoms with van der Waals surface area (Å²) >= 11 is 5.90. The minimum Gasteiger partial charge on any atom is -0.495 e. The molecular formula is C18H16ClN3O. The number of rotatable bonds is 5. The number of nitrogens with one attached hydrogen (secondary N) is 1. The lowest BCUT2D eigenvalue weighted by molar-refractivity contribution is 0.413. The second kappa shape index (κ2) is 7.11. The molecule has 5 heteroatoms. The summed E-state index contributed by atoms with van der Waals surface area (Å²) in [4.78, 5) is 8.47. The molecule has 0 fully saturated rings. The van der Waals surface area contributed by atoms with Gasteiger partial charge in [-0.3, -0.25) is 9.97 Å². The fourth-order valence-corrected chi connectivity index (χ4v) is 2.32. The molecule has 0 atom stereocenters. The summed E-state index contributed by atoms with van der Waals surface area (Å²) in [6.07, 6.45) is 7.08. The molecule has 3 aromatic rings. The Bertz CT molecular complexity index is 790. The van der Waals surface area contributed by atoms with Crippen LogP contribution in [0.15, 0.2) is 61.2 Å². The predicted molar refractivity (Wildman–Crippen MR) is 92.8 cm³/mol. The smallest absolute Gasteiger partial charge is 0.137 e. The van der Waals surface area contributed by atoms with Gasteiger partial charge in [0.1, 0.15) is 5.75 Å². The first-order valence-corrected chi connectivity index (χ1v) is 7.55. The van der Waals surface area contributed by atoms with Crippen molar-refractivity contribution in [2.75, 3.05) is 12.4 Å². The van der Waals surface area contributed by atoms with Crippen LogP contribution in [-0.4, -0.2) is 17.1 Å². The SMILES string of the molecule is COc1cncc(-c2cncc(NCc3ccc(Cl)cc3)c2)c1. The highest BCUT2D eigenvalue weighted by Gasteiger charge is 2.03. The molecule has 0 saturated heterocycles. The van der Waals surface area contributed by atoms with Gasteiger partial charge in [-0.15, -0.1) is 0 Å². The van der Waals surface area contributed by atoms with Crippen LogP contribution in [0.5, 0.6) is 5.75 Å². The maximum absolute atomic E-state index is 5.90. The molecule has 0 spiro atoms. The molecule has 0 amide bonds. The highest BCUT2D eigenvalue weighted by molar-refractivity contribution is 6.30. The molecule has 2 aromatic heterocycles. The average molecular weight is 326 g/mol. The average Bonchev–Trinajstić information content (AvgIpc) is 2.61. The summed E-state index contributed by atoms with van der Waals surface area (Å²) < 4.78 is 5.21. The Morgan fingerprint density at radius 1 is 0.957 bits per heavy atom. The van der Waals surface area contributed by atoms with E-state index in [2.05, 4.69) is 15.3 Å². The molecule has 1 N–H and O–H groups in total. The van der Waals surface area contributed by atoms with Crippen molar-refractivity contribution < 1.29 is 4.74 Å². The summed E-state index contributed by atoms with van der Waals surface area (Å²) in [5.41, 5.74) is 4.05. The Morgan fingerprint density at radius 2 is 1.65 bits per heavy atom. The van der Waals surface area contributed by atoms with E-state index in [0.29, 0.717) is 6.54 Å². The van der Waals surface area contributed by atoms with E-state index < -0.39 is 0 Å². The highest BCUT2D eigenvalue weighted by atomic mass is 35.5. The minimum atomic E-state index is 0.707. The third-order valence-electron chi connectivity index (χ3n) is 3.43. The van der Waals surface area contributed by atoms with Crippen molar-refractivity contribution in [3.63, 3.8) is 0 Å². The second-order valence-corrected chi connectivity index (χ2v) is 5.49. The molecule has 4 nitrogen and oxygen atoms in total. The Hall–Kier alpha value is -2.59. The van der Waals surface area contributed by atoms with Crippen molar-refractivity contribution in [2.24, 2.45) is 0 Å². The number of benzene rings is 1. The van der Waals surface area contributed by atoms with Gasteiger partial charge in [0, 0.05) is 41.3 Å². The van der Waals surface area contributed by atoms with Gasteiger partial charge < -0.3 is 10.1 Å². The van der Waals surface area contributed by atoms with Gasteiger partial charge in [0.25, 0.3) is 0 Å². The van der Waals surface area contributed by atoms with Crippen LogP contribution in [0.25, 0.3) is 11.1 Å². The summed E-state index contributed by atoms with van der Waals surface area (Å²) in [5, 5.41) is 4.10. The summed E-state index contributed by atoms with van der Waals surface area (Å²) in [6, 6.07) is 11.7. The third-order valence-corrected chi connectivity index (χ3v) is 3.68. The molecule has 0 aliphatic heterocycles. The van der Waals surface area contributed by atoms with Crippen LogP contribution in [0.4, 0.5) is 5.69 Å². The maximum Gasteiger partial charge on any atom is 0.137 e. The Labute approximate surface area is 140 Å². The predicted octanol–water partition coefficient (Wildman–Crippen LogP) is 4.42. The van der Waals surface area contributed by atoms with Crippen LogP contribution in [0.3, 0.4) is 0 Å². The topological polar surface area (TPSA) is 47.0 Å². The van der Waals surface area contributed by atoms with Crippen molar-refractivity contribution >= 4 is 17.3 Å². The molecular weight excluding hydrogens is 310 g/mol. The maximum atomic E-state index is 5.90. The van der Waals surface area contributed by atoms with Crippen LogP contribution in [0.1, 0.15) is 5.56 Å². The monoisotopic (exact) mass is 325 g/mol. The fraction of sp³-hybridized carbons (Fsp3) is 0.111. The molecule has 0 aliphatic rings. The van der Waals surface area contributed by atoms with Gasteiger partial charge in [-0.1, -0.05) is 23.7 Å². The summed E-state index contributed by atoms with van der Waals surface area (Å²) in [6.45, 7) is 0.707. The van der Waals surface area contributed by atoms with Gasteiger partial charge in [0.05, 0.1) is 19.0 Å². The number of nitrogens with zero attached hydrogens (tertiary/aromatic N) is 2. The van der Waals surface area contributed by atoms with Gasteiger partial charge in [0.2, 0.25) is 0 Å². The Morgan fingerprint density at radius 3 is 2.39 bits per heavy atom. The summed E-state index contributed by atoms with van der Waals surface area (Å²) in [5.74, 6) is 0.724.